The first-order valence-electron chi connectivity index (χ1n) is 13.2. The molecule has 176 valence electrons. The van der Waals surface area contributed by atoms with Crippen LogP contribution in [0.25, 0.3) is 0 Å². The highest BCUT2D eigenvalue weighted by Crippen LogP contribution is 2.67. The van der Waals surface area contributed by atoms with E-state index in [1.165, 1.54) is 50.5 Å². The van der Waals surface area contributed by atoms with Crippen molar-refractivity contribution in [2.24, 2.45) is 52.1 Å². The molecule has 4 rings (SSSR count). The summed E-state index contributed by atoms with van der Waals surface area (Å²) in [6.07, 6.45) is 15.1. The van der Waals surface area contributed by atoms with Gasteiger partial charge in [0.15, 0.2) is 0 Å². The summed E-state index contributed by atoms with van der Waals surface area (Å²) in [6, 6.07) is 0. The average Bonchev–Trinajstić information content (AvgIpc) is 3.05. The maximum atomic E-state index is 11.9. The molecule has 0 spiro atoms. The van der Waals surface area contributed by atoms with E-state index in [2.05, 4.69) is 40.7 Å². The molecule has 0 saturated heterocycles. The van der Waals surface area contributed by atoms with Gasteiger partial charge in [0.2, 0.25) is 5.91 Å². The second kappa shape index (κ2) is 8.19. The van der Waals surface area contributed by atoms with Crippen molar-refractivity contribution in [2.45, 2.75) is 111 Å². The Hall–Kier alpha value is -0.830. The maximum absolute atomic E-state index is 11.9. The van der Waals surface area contributed by atoms with Gasteiger partial charge in [-0.25, -0.2) is 0 Å². The van der Waals surface area contributed by atoms with Gasteiger partial charge in [-0.2, -0.15) is 0 Å². The predicted octanol–water partition coefficient (Wildman–Crippen LogP) is 6.24. The van der Waals surface area contributed by atoms with Crippen LogP contribution < -0.4 is 5.73 Å². The van der Waals surface area contributed by atoms with Crippen LogP contribution in [0.15, 0.2) is 11.6 Å². The summed E-state index contributed by atoms with van der Waals surface area (Å²) in [6.45, 7) is 12.3. The van der Waals surface area contributed by atoms with Crippen molar-refractivity contribution in [1.82, 2.24) is 0 Å². The number of amides is 1. The van der Waals surface area contributed by atoms with E-state index in [0.717, 1.165) is 42.4 Å². The molecule has 1 amide bonds. The molecule has 0 aliphatic heterocycles. The molecule has 3 N–H and O–H groups in total. The number of hydrogen-bond donors (Lipinski definition) is 2. The number of carbonyl (C=O) groups is 1. The number of hydrogen-bond acceptors (Lipinski definition) is 2. The number of rotatable bonds is 6. The zero-order valence-electron chi connectivity index (χ0n) is 20.8. The minimum Gasteiger partial charge on any atom is -0.380 e. The van der Waals surface area contributed by atoms with Crippen LogP contribution in [-0.2, 0) is 4.79 Å². The van der Waals surface area contributed by atoms with Crippen molar-refractivity contribution in [1.29, 1.82) is 0 Å². The molecule has 3 fully saturated rings. The van der Waals surface area contributed by atoms with Gasteiger partial charge in [0.05, 0.1) is 0 Å². The molecule has 0 aromatic carbocycles. The van der Waals surface area contributed by atoms with Gasteiger partial charge in [-0.15, -0.1) is 0 Å². The molecule has 4 aliphatic carbocycles. The van der Waals surface area contributed by atoms with Gasteiger partial charge in [0, 0.05) is 6.42 Å². The second-order valence-electron chi connectivity index (χ2n) is 12.9. The van der Waals surface area contributed by atoms with Gasteiger partial charge in [-0.1, -0.05) is 65.5 Å². The van der Waals surface area contributed by atoms with Crippen molar-refractivity contribution in [3.63, 3.8) is 0 Å². The highest BCUT2D eigenvalue weighted by atomic mass is 16.3. The van der Waals surface area contributed by atoms with E-state index in [1.54, 1.807) is 0 Å². The molecule has 0 heterocycles. The first kappa shape index (κ1) is 23.3. The van der Waals surface area contributed by atoms with Crippen molar-refractivity contribution in [3.05, 3.63) is 11.6 Å². The quantitative estimate of drug-likeness (QED) is 0.491. The number of aliphatic hydroxyl groups is 1. The second-order valence-corrected chi connectivity index (χ2v) is 12.9. The van der Waals surface area contributed by atoms with Crippen LogP contribution in [0.4, 0.5) is 0 Å². The van der Waals surface area contributed by atoms with Gasteiger partial charge in [-0.3, -0.25) is 4.79 Å². The Morgan fingerprint density at radius 1 is 1.10 bits per heavy atom. The maximum Gasteiger partial charge on any atom is 0.249 e. The van der Waals surface area contributed by atoms with Gasteiger partial charge in [-0.05, 0) is 91.3 Å². The van der Waals surface area contributed by atoms with Crippen molar-refractivity contribution >= 4 is 5.91 Å². The fourth-order valence-electron chi connectivity index (χ4n) is 8.88. The Bertz CT molecular complexity index is 729. The molecule has 31 heavy (non-hydrogen) atoms. The number of nitrogens with two attached hydrogens (primary N) is 1. The number of primary amides is 1. The molecule has 0 aromatic heterocycles. The molecule has 3 heteroatoms. The number of allylic oxidation sites excluding steroid dienone is 1. The molecule has 0 aromatic rings. The SMILES string of the molecule is CC(C)CCC[C@@H](C)[C@H]1CC[C@H]2[C@@H]3CC=C4C[C@](O)(C(N)=O)CC[C@]4(C)[C@H]3CC[C@]12C. The summed E-state index contributed by atoms with van der Waals surface area (Å²) in [5, 5.41) is 10.8. The highest BCUT2D eigenvalue weighted by molar-refractivity contribution is 5.83. The summed E-state index contributed by atoms with van der Waals surface area (Å²) >= 11 is 0. The molecular weight excluding hydrogens is 382 g/mol. The first-order chi connectivity index (χ1) is 14.5. The van der Waals surface area contributed by atoms with E-state index >= 15 is 0 Å². The third-order valence-electron chi connectivity index (χ3n) is 10.8. The largest absolute Gasteiger partial charge is 0.380 e. The van der Waals surface area contributed by atoms with Gasteiger partial charge in [0.1, 0.15) is 5.60 Å². The lowest BCUT2D eigenvalue weighted by atomic mass is 9.46. The normalized spacial score (nSPS) is 45.5. The third kappa shape index (κ3) is 3.81. The molecule has 0 unspecified atom stereocenters. The first-order valence-corrected chi connectivity index (χ1v) is 13.2. The molecule has 0 radical (unpaired) electrons. The Morgan fingerprint density at radius 2 is 1.84 bits per heavy atom. The Morgan fingerprint density at radius 3 is 2.52 bits per heavy atom. The number of carbonyl (C=O) groups excluding carboxylic acids is 1. The van der Waals surface area contributed by atoms with Gasteiger partial charge in [0.25, 0.3) is 0 Å². The molecule has 0 bridgehead atoms. The Kier molecular flexibility index (Phi) is 6.16. The van der Waals surface area contributed by atoms with Crippen molar-refractivity contribution in [2.75, 3.05) is 0 Å². The zero-order chi connectivity index (χ0) is 22.6. The lowest BCUT2D eigenvalue weighted by Gasteiger charge is -2.59. The van der Waals surface area contributed by atoms with Crippen molar-refractivity contribution < 1.29 is 9.90 Å². The van der Waals surface area contributed by atoms with Gasteiger partial charge >= 0.3 is 0 Å². The van der Waals surface area contributed by atoms with E-state index in [4.69, 9.17) is 5.73 Å². The van der Waals surface area contributed by atoms with Crippen LogP contribution >= 0.6 is 0 Å². The molecule has 8 atom stereocenters. The monoisotopic (exact) mass is 429 g/mol. The van der Waals surface area contributed by atoms with Crippen LogP contribution in [0.1, 0.15) is 105 Å². The molecular formula is C28H47NO2. The summed E-state index contributed by atoms with van der Waals surface area (Å²) in [7, 11) is 0. The minimum atomic E-state index is -1.33. The Labute approximate surface area is 190 Å². The zero-order valence-corrected chi connectivity index (χ0v) is 20.8. The summed E-state index contributed by atoms with van der Waals surface area (Å²) in [4.78, 5) is 11.9. The van der Waals surface area contributed by atoms with Crippen molar-refractivity contribution in [3.8, 4) is 0 Å². The van der Waals surface area contributed by atoms with Crippen LogP contribution in [-0.4, -0.2) is 16.6 Å². The topological polar surface area (TPSA) is 63.3 Å². The lowest BCUT2D eigenvalue weighted by molar-refractivity contribution is -0.142. The summed E-state index contributed by atoms with van der Waals surface area (Å²) in [5.74, 6) is 4.33. The fraction of sp³-hybridized carbons (Fsp3) is 0.893. The smallest absolute Gasteiger partial charge is 0.249 e. The van der Waals surface area contributed by atoms with Crippen LogP contribution in [0.5, 0.6) is 0 Å². The van der Waals surface area contributed by atoms with E-state index in [0.29, 0.717) is 24.2 Å². The number of fused-ring (bicyclic) bond motifs is 5. The minimum absolute atomic E-state index is 0.146. The van der Waals surface area contributed by atoms with E-state index < -0.39 is 11.5 Å². The van der Waals surface area contributed by atoms with Crippen LogP contribution in [0.3, 0.4) is 0 Å². The van der Waals surface area contributed by atoms with E-state index in [1.807, 2.05) is 0 Å². The molecule has 3 saturated carbocycles. The summed E-state index contributed by atoms with van der Waals surface area (Å²) < 4.78 is 0. The van der Waals surface area contributed by atoms with E-state index in [9.17, 15) is 9.90 Å². The highest BCUT2D eigenvalue weighted by Gasteiger charge is 2.60. The fourth-order valence-corrected chi connectivity index (χ4v) is 8.88. The van der Waals surface area contributed by atoms with E-state index in [-0.39, 0.29) is 5.41 Å². The van der Waals surface area contributed by atoms with Crippen LogP contribution in [0.2, 0.25) is 0 Å². The Balaban J connectivity index is 1.51. The van der Waals surface area contributed by atoms with Crippen LogP contribution in [0, 0.1) is 46.3 Å². The average molecular weight is 430 g/mol. The standard InChI is InChI=1S/C28H47NO2/c1-18(2)7-6-8-19(3)22-11-12-23-21-10-9-20-17-28(31,25(29)30)16-15-26(20,4)24(21)13-14-27(22,23)5/h9,18-19,21-24,31H,6-8,10-17H2,1-5H3,(H2,29,30)/t19-,21+,22-,23+,24+,26+,27-,28+/m1/s1. The molecule has 4 aliphatic rings. The lowest BCUT2D eigenvalue weighted by Crippen LogP contribution is -2.55. The summed E-state index contributed by atoms with van der Waals surface area (Å²) in [5.41, 5.74) is 6.21. The van der Waals surface area contributed by atoms with Gasteiger partial charge < -0.3 is 10.8 Å². The predicted molar refractivity (Wildman–Crippen MR) is 127 cm³/mol. The molecule has 3 nitrogen and oxygen atoms in total. The third-order valence-corrected chi connectivity index (χ3v) is 10.8.